The Hall–Kier alpha value is -3.32. The quantitative estimate of drug-likeness (QED) is 0.500. The predicted octanol–water partition coefficient (Wildman–Crippen LogP) is 4.36. The molecule has 1 fully saturated rings. The van der Waals surface area contributed by atoms with Gasteiger partial charge in [-0.05, 0) is 55.8 Å². The first kappa shape index (κ1) is 19.6. The van der Waals surface area contributed by atoms with Gasteiger partial charge in [0.05, 0.1) is 6.20 Å². The number of hydrogen-bond donors (Lipinski definition) is 2. The zero-order valence-electron chi connectivity index (χ0n) is 17.3. The van der Waals surface area contributed by atoms with Gasteiger partial charge in [-0.3, -0.25) is 4.57 Å². The third kappa shape index (κ3) is 4.01. The van der Waals surface area contributed by atoms with Crippen LogP contribution >= 0.6 is 0 Å². The van der Waals surface area contributed by atoms with Crippen LogP contribution in [0.1, 0.15) is 37.3 Å². The molecule has 1 aliphatic heterocycles. The van der Waals surface area contributed by atoms with Crippen LogP contribution in [0.2, 0.25) is 0 Å². The zero-order valence-corrected chi connectivity index (χ0v) is 17.3. The molecule has 0 bridgehead atoms. The van der Waals surface area contributed by atoms with Gasteiger partial charge in [-0.2, -0.15) is 4.98 Å². The molecule has 2 aromatic carbocycles. The molecule has 1 aromatic heterocycles. The molecular weight excluding hydrogens is 392 g/mol. The number of rotatable bonds is 5. The molecule has 1 aliphatic carbocycles. The van der Waals surface area contributed by atoms with Crippen molar-refractivity contribution >= 4 is 11.5 Å². The highest BCUT2D eigenvalue weighted by atomic mass is 16.5. The smallest absolute Gasteiger partial charge is 0.350 e. The largest absolute Gasteiger partial charge is 0.487 e. The Morgan fingerprint density at radius 1 is 1.06 bits per heavy atom. The molecule has 0 amide bonds. The maximum atomic E-state index is 12.7. The SMILES string of the molecule is NCC1CCC(n2cc3c(nc2=O)Nc2c(OCc4ccccc4)cccc2O3)CC1. The van der Waals surface area contributed by atoms with Crippen LogP contribution < -0.4 is 26.2 Å². The van der Waals surface area contributed by atoms with Gasteiger partial charge < -0.3 is 20.5 Å². The predicted molar refractivity (Wildman–Crippen MR) is 119 cm³/mol. The Labute approximate surface area is 180 Å². The van der Waals surface area contributed by atoms with Crippen molar-refractivity contribution in [2.24, 2.45) is 11.7 Å². The van der Waals surface area contributed by atoms with Crippen LogP contribution in [0.25, 0.3) is 0 Å². The van der Waals surface area contributed by atoms with Gasteiger partial charge in [0, 0.05) is 6.04 Å². The van der Waals surface area contributed by atoms with Crippen LogP contribution in [0.4, 0.5) is 11.5 Å². The number of ether oxygens (including phenoxy) is 2. The van der Waals surface area contributed by atoms with Crippen LogP contribution in [0, 0.1) is 5.92 Å². The minimum Gasteiger partial charge on any atom is -0.487 e. The number of anilines is 2. The molecular formula is C24H26N4O3. The first-order chi connectivity index (χ1) is 15.2. The topological polar surface area (TPSA) is 91.4 Å². The summed E-state index contributed by atoms with van der Waals surface area (Å²) in [4.78, 5) is 17.0. The van der Waals surface area contributed by atoms with E-state index in [1.165, 1.54) is 0 Å². The summed E-state index contributed by atoms with van der Waals surface area (Å²) < 4.78 is 13.8. The Bertz CT molecular complexity index is 1120. The normalized spacial score (nSPS) is 19.5. The number of fused-ring (bicyclic) bond motifs is 2. The summed E-state index contributed by atoms with van der Waals surface area (Å²) in [6.45, 7) is 1.15. The van der Waals surface area contributed by atoms with Crippen molar-refractivity contribution in [1.29, 1.82) is 0 Å². The molecule has 2 aliphatic rings. The maximum Gasteiger partial charge on any atom is 0.350 e. The van der Waals surface area contributed by atoms with Crippen LogP contribution in [0.5, 0.6) is 17.2 Å². The average molecular weight is 418 g/mol. The van der Waals surface area contributed by atoms with Crippen molar-refractivity contribution in [3.05, 3.63) is 70.8 Å². The van der Waals surface area contributed by atoms with Crippen molar-refractivity contribution in [2.45, 2.75) is 38.3 Å². The Morgan fingerprint density at radius 3 is 2.65 bits per heavy atom. The van der Waals surface area contributed by atoms with Gasteiger partial charge in [-0.15, -0.1) is 0 Å². The summed E-state index contributed by atoms with van der Waals surface area (Å²) in [7, 11) is 0. The first-order valence-electron chi connectivity index (χ1n) is 10.8. The molecule has 7 nitrogen and oxygen atoms in total. The van der Waals surface area contributed by atoms with Gasteiger partial charge in [0.2, 0.25) is 0 Å². The number of para-hydroxylation sites is 1. The number of benzene rings is 2. The van der Waals surface area contributed by atoms with Gasteiger partial charge in [-0.1, -0.05) is 36.4 Å². The second kappa shape index (κ2) is 8.43. The molecule has 7 heteroatoms. The molecule has 0 saturated heterocycles. The van der Waals surface area contributed by atoms with Crippen molar-refractivity contribution in [3.63, 3.8) is 0 Å². The lowest BCUT2D eigenvalue weighted by Crippen LogP contribution is -2.31. The highest BCUT2D eigenvalue weighted by Crippen LogP contribution is 2.45. The van der Waals surface area contributed by atoms with Crippen molar-refractivity contribution in [3.8, 4) is 17.2 Å². The molecule has 0 atom stereocenters. The molecule has 0 spiro atoms. The molecule has 160 valence electrons. The van der Waals surface area contributed by atoms with Crippen LogP contribution in [-0.4, -0.2) is 16.1 Å². The van der Waals surface area contributed by atoms with Crippen LogP contribution in [0.15, 0.2) is 59.5 Å². The van der Waals surface area contributed by atoms with Gasteiger partial charge in [0.1, 0.15) is 18.0 Å². The van der Waals surface area contributed by atoms with Gasteiger partial charge in [0.15, 0.2) is 17.3 Å². The maximum absolute atomic E-state index is 12.7. The van der Waals surface area contributed by atoms with E-state index in [0.29, 0.717) is 47.8 Å². The lowest BCUT2D eigenvalue weighted by atomic mass is 9.86. The van der Waals surface area contributed by atoms with E-state index in [-0.39, 0.29) is 11.7 Å². The van der Waals surface area contributed by atoms with E-state index in [9.17, 15) is 4.79 Å². The van der Waals surface area contributed by atoms with Gasteiger partial charge in [0.25, 0.3) is 0 Å². The minimum absolute atomic E-state index is 0.138. The number of nitrogens with zero attached hydrogens (tertiary/aromatic N) is 2. The summed E-state index contributed by atoms with van der Waals surface area (Å²) in [5.41, 5.74) is 7.29. The molecule has 5 rings (SSSR count). The van der Waals surface area contributed by atoms with E-state index in [0.717, 1.165) is 31.2 Å². The molecule has 0 unspecified atom stereocenters. The van der Waals surface area contributed by atoms with E-state index >= 15 is 0 Å². The highest BCUT2D eigenvalue weighted by Gasteiger charge is 2.26. The minimum atomic E-state index is -0.266. The van der Waals surface area contributed by atoms with Gasteiger partial charge in [-0.25, -0.2) is 4.79 Å². The molecule has 2 heterocycles. The number of hydrogen-bond acceptors (Lipinski definition) is 6. The third-order valence-electron chi connectivity index (χ3n) is 6.15. The number of nitrogens with one attached hydrogen (secondary N) is 1. The first-order valence-corrected chi connectivity index (χ1v) is 10.8. The lowest BCUT2D eigenvalue weighted by molar-refractivity contribution is 0.271. The van der Waals surface area contributed by atoms with Crippen molar-refractivity contribution in [1.82, 2.24) is 9.55 Å². The fourth-order valence-corrected chi connectivity index (χ4v) is 4.35. The lowest BCUT2D eigenvalue weighted by Gasteiger charge is -2.30. The fraction of sp³-hybridized carbons (Fsp3) is 0.333. The van der Waals surface area contributed by atoms with Crippen molar-refractivity contribution < 1.29 is 9.47 Å². The van der Waals surface area contributed by atoms with Crippen LogP contribution in [0.3, 0.4) is 0 Å². The van der Waals surface area contributed by atoms with E-state index in [4.69, 9.17) is 15.2 Å². The molecule has 3 aromatic rings. The summed E-state index contributed by atoms with van der Waals surface area (Å²) in [6, 6.07) is 15.7. The second-order valence-corrected chi connectivity index (χ2v) is 8.18. The molecule has 1 saturated carbocycles. The summed E-state index contributed by atoms with van der Waals surface area (Å²) >= 11 is 0. The van der Waals surface area contributed by atoms with Crippen molar-refractivity contribution in [2.75, 3.05) is 11.9 Å². The average Bonchev–Trinajstić information content (AvgIpc) is 2.82. The zero-order chi connectivity index (χ0) is 21.2. The van der Waals surface area contributed by atoms with E-state index < -0.39 is 0 Å². The summed E-state index contributed by atoms with van der Waals surface area (Å²) in [6.07, 6.45) is 5.72. The highest BCUT2D eigenvalue weighted by molar-refractivity contribution is 5.77. The fourth-order valence-electron chi connectivity index (χ4n) is 4.35. The summed E-state index contributed by atoms with van der Waals surface area (Å²) in [5.74, 6) is 2.82. The number of nitrogens with two attached hydrogens (primary N) is 1. The van der Waals surface area contributed by atoms with E-state index in [1.54, 1.807) is 10.8 Å². The van der Waals surface area contributed by atoms with Crippen LogP contribution in [-0.2, 0) is 6.61 Å². The van der Waals surface area contributed by atoms with E-state index in [1.807, 2.05) is 48.5 Å². The number of aromatic nitrogens is 2. The Morgan fingerprint density at radius 2 is 1.87 bits per heavy atom. The monoisotopic (exact) mass is 418 g/mol. The Kier molecular flexibility index (Phi) is 5.34. The molecule has 31 heavy (non-hydrogen) atoms. The van der Waals surface area contributed by atoms with Gasteiger partial charge >= 0.3 is 5.69 Å². The standard InChI is InChI=1S/C24H26N4O3/c25-13-16-9-11-18(12-10-16)28-14-21-23(27-24(28)29)26-22-19(7-4-8-20(22)31-21)30-15-17-5-2-1-3-6-17/h1-8,14,16,18H,9-13,15,25H2,(H,26,27,29). The summed E-state index contributed by atoms with van der Waals surface area (Å²) in [5, 5.41) is 3.24. The Balaban J connectivity index is 1.37. The molecule has 0 radical (unpaired) electrons. The second-order valence-electron chi connectivity index (χ2n) is 8.18. The van der Waals surface area contributed by atoms with E-state index in [2.05, 4.69) is 10.3 Å². The third-order valence-corrected chi connectivity index (χ3v) is 6.15. The molecule has 3 N–H and O–H groups in total.